The van der Waals surface area contributed by atoms with Crippen LogP contribution in [0.4, 0.5) is 11.4 Å². The monoisotopic (exact) mass is 407 g/mol. The summed E-state index contributed by atoms with van der Waals surface area (Å²) < 4.78 is 5.23. The predicted octanol–water partition coefficient (Wildman–Crippen LogP) is 2.73. The van der Waals surface area contributed by atoms with Gasteiger partial charge in [0.1, 0.15) is 6.04 Å². The van der Waals surface area contributed by atoms with Crippen LogP contribution in [0.25, 0.3) is 0 Å². The normalized spacial score (nSPS) is 17.1. The Morgan fingerprint density at radius 2 is 2.03 bits per heavy atom. The third-order valence-corrected chi connectivity index (χ3v) is 5.78. The average Bonchev–Trinajstić information content (AvgIpc) is 3.24. The van der Waals surface area contributed by atoms with Gasteiger partial charge in [0.2, 0.25) is 5.91 Å². The molecule has 1 fully saturated rings. The minimum atomic E-state index is -0.590. The van der Waals surface area contributed by atoms with Crippen molar-refractivity contribution < 1.29 is 19.1 Å². The number of nitrogens with zero attached hydrogens (tertiary/aromatic N) is 2. The summed E-state index contributed by atoms with van der Waals surface area (Å²) in [5.74, 6) is -0.912. The van der Waals surface area contributed by atoms with Crippen LogP contribution in [0.2, 0.25) is 0 Å². The molecule has 2 aliphatic rings. The lowest BCUT2D eigenvalue weighted by Gasteiger charge is -2.33. The largest absolute Gasteiger partial charge is 0.452 e. The van der Waals surface area contributed by atoms with E-state index in [4.69, 9.17) is 4.74 Å². The molecule has 4 rings (SSSR count). The van der Waals surface area contributed by atoms with Gasteiger partial charge >= 0.3 is 5.97 Å². The number of aryl methyl sites for hydroxylation is 1. The molecule has 0 radical (unpaired) electrons. The van der Waals surface area contributed by atoms with E-state index in [9.17, 15) is 14.4 Å². The Morgan fingerprint density at radius 1 is 1.23 bits per heavy atom. The molecule has 2 aromatic rings. The van der Waals surface area contributed by atoms with Gasteiger partial charge in [-0.05, 0) is 49.1 Å². The number of amides is 2. The molecule has 0 aromatic heterocycles. The maximum Gasteiger partial charge on any atom is 0.338 e. The number of benzene rings is 2. The molecule has 1 N–H and O–H groups in total. The first-order valence-corrected chi connectivity index (χ1v) is 10.1. The molecule has 7 nitrogen and oxygen atoms in total. The van der Waals surface area contributed by atoms with Gasteiger partial charge in [-0.25, -0.2) is 4.79 Å². The van der Waals surface area contributed by atoms with E-state index in [-0.39, 0.29) is 24.5 Å². The Balaban J connectivity index is 1.37. The van der Waals surface area contributed by atoms with E-state index >= 15 is 0 Å². The third kappa shape index (κ3) is 3.87. The predicted molar refractivity (Wildman–Crippen MR) is 113 cm³/mol. The summed E-state index contributed by atoms with van der Waals surface area (Å²) in [7, 11) is 1.68. The number of carbonyl (C=O) groups is 3. The van der Waals surface area contributed by atoms with Crippen molar-refractivity contribution in [3.8, 4) is 0 Å². The van der Waals surface area contributed by atoms with Crippen molar-refractivity contribution >= 4 is 29.2 Å². The number of hydrogen-bond acceptors (Lipinski definition) is 5. The summed E-state index contributed by atoms with van der Waals surface area (Å²) >= 11 is 0. The summed E-state index contributed by atoms with van der Waals surface area (Å²) in [4.78, 5) is 40.7. The van der Waals surface area contributed by atoms with Crippen LogP contribution >= 0.6 is 0 Å². The Morgan fingerprint density at radius 3 is 2.83 bits per heavy atom. The molecule has 2 aromatic carbocycles. The number of carbonyl (C=O) groups excluding carboxylic acids is 3. The van der Waals surface area contributed by atoms with Crippen molar-refractivity contribution in [3.63, 3.8) is 0 Å². The van der Waals surface area contributed by atoms with Gasteiger partial charge in [-0.15, -0.1) is 0 Å². The molecule has 0 spiro atoms. The lowest BCUT2D eigenvalue weighted by molar-refractivity contribution is -0.133. The van der Waals surface area contributed by atoms with Gasteiger partial charge in [0.15, 0.2) is 6.61 Å². The number of hydrogen-bond donors (Lipinski definition) is 1. The van der Waals surface area contributed by atoms with Gasteiger partial charge in [-0.3, -0.25) is 9.59 Å². The molecular formula is C23H25N3O4. The minimum Gasteiger partial charge on any atom is -0.452 e. The zero-order valence-electron chi connectivity index (χ0n) is 17.2. The van der Waals surface area contributed by atoms with Gasteiger partial charge in [0.25, 0.3) is 5.91 Å². The lowest BCUT2D eigenvalue weighted by atomic mass is 10.1. The fourth-order valence-corrected chi connectivity index (χ4v) is 4.01. The van der Waals surface area contributed by atoms with E-state index in [0.717, 1.165) is 36.2 Å². The maximum atomic E-state index is 12.5. The smallest absolute Gasteiger partial charge is 0.338 e. The number of ether oxygens (including phenoxy) is 1. The molecule has 2 heterocycles. The molecule has 0 saturated carbocycles. The maximum absolute atomic E-state index is 12.5. The second-order valence-corrected chi connectivity index (χ2v) is 7.83. The van der Waals surface area contributed by atoms with Crippen molar-refractivity contribution in [1.82, 2.24) is 4.90 Å². The summed E-state index contributed by atoms with van der Waals surface area (Å²) in [6.07, 6.45) is 1.81. The van der Waals surface area contributed by atoms with Gasteiger partial charge < -0.3 is 19.9 Å². The molecule has 7 heteroatoms. The highest BCUT2D eigenvalue weighted by Crippen LogP contribution is 2.37. The third-order valence-electron chi connectivity index (χ3n) is 5.78. The van der Waals surface area contributed by atoms with Crippen LogP contribution in [0.1, 0.15) is 34.3 Å². The summed E-state index contributed by atoms with van der Waals surface area (Å²) in [6.45, 7) is 2.94. The van der Waals surface area contributed by atoms with Crippen LogP contribution in [-0.2, 0) is 20.9 Å². The highest BCUT2D eigenvalue weighted by Gasteiger charge is 2.36. The molecule has 30 heavy (non-hydrogen) atoms. The van der Waals surface area contributed by atoms with Crippen molar-refractivity contribution in [2.24, 2.45) is 0 Å². The number of nitrogens with one attached hydrogen (secondary N) is 1. The summed E-state index contributed by atoms with van der Waals surface area (Å²) in [5.41, 5.74) is 3.98. The minimum absolute atomic E-state index is 0.0430. The van der Waals surface area contributed by atoms with Gasteiger partial charge in [-0.1, -0.05) is 24.3 Å². The Bertz CT molecular complexity index is 1000. The first-order valence-electron chi connectivity index (χ1n) is 10.1. The van der Waals surface area contributed by atoms with E-state index in [1.54, 1.807) is 19.2 Å². The van der Waals surface area contributed by atoms with Crippen molar-refractivity contribution in [2.75, 3.05) is 30.4 Å². The average molecular weight is 407 g/mol. The zero-order chi connectivity index (χ0) is 21.3. The van der Waals surface area contributed by atoms with Gasteiger partial charge in [0, 0.05) is 20.1 Å². The quantitative estimate of drug-likeness (QED) is 0.771. The van der Waals surface area contributed by atoms with Gasteiger partial charge in [0.05, 0.1) is 16.9 Å². The topological polar surface area (TPSA) is 79.0 Å². The zero-order valence-corrected chi connectivity index (χ0v) is 17.2. The fourth-order valence-electron chi connectivity index (χ4n) is 4.01. The molecule has 2 amide bonds. The number of anilines is 2. The van der Waals surface area contributed by atoms with E-state index in [1.807, 2.05) is 37.3 Å². The second-order valence-electron chi connectivity index (χ2n) is 7.83. The van der Waals surface area contributed by atoms with Crippen LogP contribution in [0, 0.1) is 6.92 Å². The van der Waals surface area contributed by atoms with E-state index in [1.165, 1.54) is 4.90 Å². The summed E-state index contributed by atoms with van der Waals surface area (Å²) in [6, 6.07) is 12.8. The molecule has 156 valence electrons. The Labute approximate surface area is 175 Å². The SMILES string of the molecule is Cc1ccccc1CN(C)C(=O)COC(=O)c1ccc2c(c1)NC(=O)[C@H]1CCCN21. The molecule has 1 atom stereocenters. The molecular weight excluding hydrogens is 382 g/mol. The lowest BCUT2D eigenvalue weighted by Crippen LogP contribution is -2.43. The van der Waals surface area contributed by atoms with Crippen molar-refractivity contribution in [3.05, 3.63) is 59.2 Å². The first-order chi connectivity index (χ1) is 14.4. The van der Waals surface area contributed by atoms with Crippen LogP contribution < -0.4 is 10.2 Å². The number of esters is 1. The van der Waals surface area contributed by atoms with E-state index in [0.29, 0.717) is 17.8 Å². The highest BCUT2D eigenvalue weighted by molar-refractivity contribution is 6.05. The van der Waals surface area contributed by atoms with Crippen LogP contribution in [-0.4, -0.2) is 48.9 Å². The van der Waals surface area contributed by atoms with Crippen molar-refractivity contribution in [2.45, 2.75) is 32.4 Å². The van der Waals surface area contributed by atoms with E-state index in [2.05, 4.69) is 10.2 Å². The molecule has 0 bridgehead atoms. The second kappa shape index (κ2) is 8.18. The van der Waals surface area contributed by atoms with Crippen LogP contribution in [0.5, 0.6) is 0 Å². The van der Waals surface area contributed by atoms with Crippen molar-refractivity contribution in [1.29, 1.82) is 0 Å². The number of fused-ring (bicyclic) bond motifs is 3. The Kier molecular flexibility index (Phi) is 5.44. The number of rotatable bonds is 5. The summed E-state index contributed by atoms with van der Waals surface area (Å²) in [5, 5.41) is 2.88. The van der Waals surface area contributed by atoms with E-state index < -0.39 is 5.97 Å². The van der Waals surface area contributed by atoms with Crippen LogP contribution in [0.15, 0.2) is 42.5 Å². The van der Waals surface area contributed by atoms with Crippen LogP contribution in [0.3, 0.4) is 0 Å². The first kappa shape index (κ1) is 19.9. The van der Waals surface area contributed by atoms with Gasteiger partial charge in [-0.2, -0.15) is 0 Å². The molecule has 0 unspecified atom stereocenters. The Hall–Kier alpha value is -3.35. The number of likely N-dealkylation sites (N-methyl/N-ethyl adjacent to an activating group) is 1. The fraction of sp³-hybridized carbons (Fsp3) is 0.348. The molecule has 2 aliphatic heterocycles. The standard InChI is InChI=1S/C23H25N3O4/c1-15-6-3-4-7-17(15)13-25(2)21(27)14-30-23(29)16-9-10-19-18(12-16)24-22(28)20-8-5-11-26(19)20/h3-4,6-7,9-10,12,20H,5,8,11,13-14H2,1-2H3,(H,24,28)/t20-/m1/s1. The molecule has 1 saturated heterocycles. The highest BCUT2D eigenvalue weighted by atomic mass is 16.5. The molecule has 0 aliphatic carbocycles.